The van der Waals surface area contributed by atoms with Gasteiger partial charge in [0.2, 0.25) is 10.0 Å². The molecule has 0 spiro atoms. The number of carbonyl (C=O) groups excluding carboxylic acids is 1. The van der Waals surface area contributed by atoms with Gasteiger partial charge in [-0.2, -0.15) is 4.31 Å². The lowest BCUT2D eigenvalue weighted by Crippen LogP contribution is -2.40. The van der Waals surface area contributed by atoms with Crippen LogP contribution in [0.2, 0.25) is 0 Å². The molecule has 1 aromatic rings. The van der Waals surface area contributed by atoms with Crippen molar-refractivity contribution in [1.29, 1.82) is 0 Å². The molecule has 2 rings (SSSR count). The van der Waals surface area contributed by atoms with E-state index in [4.69, 9.17) is 4.74 Å². The largest absolute Gasteiger partial charge is 0.435 e. The van der Waals surface area contributed by atoms with Crippen LogP contribution in [-0.2, 0) is 24.2 Å². The molecule has 1 aromatic carbocycles. The molecule has 9 heteroatoms. The van der Waals surface area contributed by atoms with Crippen LogP contribution < -0.4 is 0 Å². The fraction of sp³-hybridized carbons (Fsp3) is 0.462. The van der Waals surface area contributed by atoms with Gasteiger partial charge < -0.3 is 14.2 Å². The van der Waals surface area contributed by atoms with Gasteiger partial charge in [-0.25, -0.2) is 17.6 Å². The molecule has 22 heavy (non-hydrogen) atoms. The average molecular weight is 333 g/mol. The first-order valence-corrected chi connectivity index (χ1v) is 7.94. The van der Waals surface area contributed by atoms with Gasteiger partial charge in [-0.1, -0.05) is 0 Å². The number of methoxy groups -OCH3 is 1. The maximum atomic E-state index is 13.7. The summed E-state index contributed by atoms with van der Waals surface area (Å²) in [5.74, 6) is -1.85. The van der Waals surface area contributed by atoms with Crippen LogP contribution in [-0.4, -0.2) is 58.9 Å². The maximum Gasteiger partial charge on any atom is 0.343 e. The lowest BCUT2D eigenvalue weighted by Gasteiger charge is -2.26. The third-order valence-electron chi connectivity index (χ3n) is 3.07. The molecule has 0 atom stereocenters. The Balaban J connectivity index is 2.30. The van der Waals surface area contributed by atoms with E-state index in [-0.39, 0.29) is 24.8 Å². The van der Waals surface area contributed by atoms with Crippen molar-refractivity contribution < 1.29 is 31.8 Å². The molecule has 1 fully saturated rings. The van der Waals surface area contributed by atoms with Crippen LogP contribution >= 0.6 is 0 Å². The molecule has 0 saturated carbocycles. The molecule has 1 aliphatic heterocycles. The summed E-state index contributed by atoms with van der Waals surface area (Å²) in [7, 11) is -2.50. The van der Waals surface area contributed by atoms with Crippen LogP contribution in [0.3, 0.4) is 0 Å². The number of carbonyl (C=O) groups is 1. The molecule has 0 bridgehead atoms. The molecule has 0 aromatic heterocycles. The van der Waals surface area contributed by atoms with Gasteiger partial charge in [0, 0.05) is 20.2 Å². The monoisotopic (exact) mass is 333 g/mol. The van der Waals surface area contributed by atoms with Crippen LogP contribution in [0.1, 0.15) is 10.4 Å². The quantitative estimate of drug-likeness (QED) is 0.580. The van der Waals surface area contributed by atoms with Crippen molar-refractivity contribution in [3.63, 3.8) is 0 Å². The van der Waals surface area contributed by atoms with Crippen molar-refractivity contribution in [2.75, 3.05) is 40.2 Å². The number of hydrogen-bond acceptors (Lipinski definition) is 6. The highest BCUT2D eigenvalue weighted by Gasteiger charge is 2.28. The zero-order chi connectivity index (χ0) is 16.2. The number of rotatable bonds is 5. The minimum atomic E-state index is -3.81. The summed E-state index contributed by atoms with van der Waals surface area (Å²) in [6.45, 7) is 0.664. The smallest absolute Gasteiger partial charge is 0.343 e. The van der Waals surface area contributed by atoms with E-state index in [1.54, 1.807) is 0 Å². The highest BCUT2D eigenvalue weighted by Crippen LogP contribution is 2.20. The minimum Gasteiger partial charge on any atom is -0.435 e. The molecule has 1 heterocycles. The second kappa shape index (κ2) is 7.14. The summed E-state index contributed by atoms with van der Waals surface area (Å²) < 4.78 is 54.2. The highest BCUT2D eigenvalue weighted by atomic mass is 32.2. The first-order valence-electron chi connectivity index (χ1n) is 6.50. The summed E-state index contributed by atoms with van der Waals surface area (Å²) in [6, 6.07) is 3.02. The zero-order valence-corrected chi connectivity index (χ0v) is 12.8. The summed E-state index contributed by atoms with van der Waals surface area (Å²) >= 11 is 0. The van der Waals surface area contributed by atoms with E-state index in [2.05, 4.69) is 9.47 Å². The van der Waals surface area contributed by atoms with Gasteiger partial charge in [-0.15, -0.1) is 0 Å². The molecular weight excluding hydrogens is 317 g/mol. The number of sulfonamides is 1. The molecule has 122 valence electrons. The molecule has 1 aliphatic rings. The minimum absolute atomic E-state index is 0.167. The second-order valence-electron chi connectivity index (χ2n) is 4.50. The van der Waals surface area contributed by atoms with Gasteiger partial charge >= 0.3 is 5.97 Å². The van der Waals surface area contributed by atoms with E-state index >= 15 is 0 Å². The van der Waals surface area contributed by atoms with Crippen LogP contribution in [0, 0.1) is 5.82 Å². The number of esters is 1. The number of benzene rings is 1. The molecule has 0 unspecified atom stereocenters. The second-order valence-corrected chi connectivity index (χ2v) is 6.43. The number of hydrogen-bond donors (Lipinski definition) is 0. The first kappa shape index (κ1) is 16.8. The van der Waals surface area contributed by atoms with E-state index in [9.17, 15) is 17.6 Å². The standard InChI is InChI=1S/C13H16FNO6S/c1-19-9-21-13(16)11-8-10(2-3-12(11)14)22(17,18)15-4-6-20-7-5-15/h2-3,8H,4-7,9H2,1H3. The van der Waals surface area contributed by atoms with E-state index in [0.717, 1.165) is 18.2 Å². The summed E-state index contributed by atoms with van der Waals surface area (Å²) in [4.78, 5) is 11.5. The predicted octanol–water partition coefficient (Wildman–Crippen LogP) is 0.607. The van der Waals surface area contributed by atoms with Crippen molar-refractivity contribution in [3.8, 4) is 0 Å². The van der Waals surface area contributed by atoms with Gasteiger partial charge in [0.25, 0.3) is 0 Å². The van der Waals surface area contributed by atoms with Gasteiger partial charge in [0.15, 0.2) is 6.79 Å². The van der Waals surface area contributed by atoms with Crippen molar-refractivity contribution in [2.45, 2.75) is 4.90 Å². The lowest BCUT2D eigenvalue weighted by molar-refractivity contribution is -0.0128. The fourth-order valence-corrected chi connectivity index (χ4v) is 3.38. The highest BCUT2D eigenvalue weighted by molar-refractivity contribution is 7.89. The predicted molar refractivity (Wildman–Crippen MR) is 73.3 cm³/mol. The van der Waals surface area contributed by atoms with Crippen molar-refractivity contribution in [2.24, 2.45) is 0 Å². The molecule has 0 radical (unpaired) electrons. The Hall–Kier alpha value is -1.55. The number of ether oxygens (including phenoxy) is 3. The Kier molecular flexibility index (Phi) is 5.46. The van der Waals surface area contributed by atoms with Crippen LogP contribution in [0.5, 0.6) is 0 Å². The van der Waals surface area contributed by atoms with Gasteiger partial charge in [0.05, 0.1) is 23.7 Å². The summed E-state index contributed by atoms with van der Waals surface area (Å²) in [5, 5.41) is 0. The van der Waals surface area contributed by atoms with Crippen molar-refractivity contribution in [3.05, 3.63) is 29.6 Å². The van der Waals surface area contributed by atoms with Crippen molar-refractivity contribution >= 4 is 16.0 Å². The third-order valence-corrected chi connectivity index (χ3v) is 4.97. The Morgan fingerprint density at radius 3 is 2.68 bits per heavy atom. The Morgan fingerprint density at radius 1 is 1.36 bits per heavy atom. The Labute approximate surface area is 127 Å². The molecule has 1 saturated heterocycles. The number of morpholine rings is 1. The van der Waals surface area contributed by atoms with Gasteiger partial charge in [0.1, 0.15) is 5.82 Å². The van der Waals surface area contributed by atoms with Crippen LogP contribution in [0.25, 0.3) is 0 Å². The van der Waals surface area contributed by atoms with E-state index in [1.165, 1.54) is 11.4 Å². The zero-order valence-electron chi connectivity index (χ0n) is 12.0. The maximum absolute atomic E-state index is 13.7. The Bertz CT molecular complexity index is 642. The van der Waals surface area contributed by atoms with Crippen LogP contribution in [0.4, 0.5) is 4.39 Å². The molecule has 0 aliphatic carbocycles. The van der Waals surface area contributed by atoms with Gasteiger partial charge in [-0.05, 0) is 18.2 Å². The molecule has 7 nitrogen and oxygen atoms in total. The van der Waals surface area contributed by atoms with E-state index in [1.807, 2.05) is 0 Å². The first-order chi connectivity index (χ1) is 10.5. The SMILES string of the molecule is COCOC(=O)c1cc(S(=O)(=O)N2CCOCC2)ccc1F. The molecular formula is C13H16FNO6S. The van der Waals surface area contributed by atoms with Gasteiger partial charge in [-0.3, -0.25) is 0 Å². The van der Waals surface area contributed by atoms with Crippen LogP contribution in [0.15, 0.2) is 23.1 Å². The fourth-order valence-electron chi connectivity index (χ4n) is 1.95. The average Bonchev–Trinajstić information content (AvgIpc) is 2.53. The molecule has 0 amide bonds. The normalized spacial score (nSPS) is 16.5. The lowest BCUT2D eigenvalue weighted by atomic mass is 10.2. The third kappa shape index (κ3) is 3.61. The summed E-state index contributed by atoms with van der Waals surface area (Å²) in [6.07, 6.45) is 0. The Morgan fingerprint density at radius 2 is 2.05 bits per heavy atom. The summed E-state index contributed by atoms with van der Waals surface area (Å²) in [5.41, 5.74) is -0.452. The van der Waals surface area contributed by atoms with Crippen molar-refractivity contribution in [1.82, 2.24) is 4.31 Å². The van der Waals surface area contributed by atoms with E-state index in [0.29, 0.717) is 13.2 Å². The molecule has 0 N–H and O–H groups in total. The number of nitrogens with zero attached hydrogens (tertiary/aromatic N) is 1. The van der Waals surface area contributed by atoms with E-state index < -0.39 is 27.4 Å². The topological polar surface area (TPSA) is 82.1 Å². The number of halogens is 1.